The molecule has 0 aliphatic carbocycles. The lowest BCUT2D eigenvalue weighted by molar-refractivity contribution is 0.0670. The Balaban J connectivity index is 1.33. The first-order valence-electron chi connectivity index (χ1n) is 11.3. The predicted molar refractivity (Wildman–Crippen MR) is 127 cm³/mol. The highest BCUT2D eigenvalue weighted by molar-refractivity contribution is 5.96. The Labute approximate surface area is 193 Å². The van der Waals surface area contributed by atoms with Crippen molar-refractivity contribution < 1.29 is 9.53 Å². The number of rotatable bonds is 5. The molecule has 4 heterocycles. The Kier molecular flexibility index (Phi) is 5.98. The minimum absolute atomic E-state index is 0.0427. The summed E-state index contributed by atoms with van der Waals surface area (Å²) >= 11 is 0. The van der Waals surface area contributed by atoms with Gasteiger partial charge in [0, 0.05) is 36.6 Å². The lowest BCUT2D eigenvalue weighted by atomic mass is 9.90. The number of aryl methyl sites for hydroxylation is 1. The zero-order valence-electron chi connectivity index (χ0n) is 18.6. The number of carbonyl (C=O) groups is 1. The standard InChI is InChI=1S/C27H26N4O2/c1-19-11-12-23(17-30-19)33-26-24(10-4-14-29-26)27(32)31-15-5-6-20(18-31)16-22-8-2-7-21-9-3-13-28-25(21)22/h2-4,7-14,17,20H,5-6,15-16,18H2,1H3. The van der Waals surface area contributed by atoms with Crippen molar-refractivity contribution in [2.75, 3.05) is 13.1 Å². The molecule has 3 aromatic heterocycles. The van der Waals surface area contributed by atoms with E-state index in [1.807, 2.05) is 36.2 Å². The summed E-state index contributed by atoms with van der Waals surface area (Å²) in [6, 6.07) is 17.7. The average Bonchev–Trinajstić information content (AvgIpc) is 2.86. The molecule has 1 aromatic carbocycles. The zero-order chi connectivity index (χ0) is 22.6. The Morgan fingerprint density at radius 1 is 1.03 bits per heavy atom. The molecule has 0 N–H and O–H groups in total. The van der Waals surface area contributed by atoms with Gasteiger partial charge in [-0.1, -0.05) is 24.3 Å². The number of para-hydroxylation sites is 1. The Bertz CT molecular complexity index is 1270. The molecule has 0 bridgehead atoms. The van der Waals surface area contributed by atoms with E-state index < -0.39 is 0 Å². The highest BCUT2D eigenvalue weighted by atomic mass is 16.5. The number of benzene rings is 1. The molecule has 6 nitrogen and oxygen atoms in total. The van der Waals surface area contributed by atoms with E-state index in [-0.39, 0.29) is 5.91 Å². The van der Waals surface area contributed by atoms with Crippen molar-refractivity contribution in [1.82, 2.24) is 19.9 Å². The second kappa shape index (κ2) is 9.36. The van der Waals surface area contributed by atoms with E-state index in [1.165, 1.54) is 5.56 Å². The molecule has 0 spiro atoms. The van der Waals surface area contributed by atoms with Gasteiger partial charge in [0.1, 0.15) is 11.3 Å². The van der Waals surface area contributed by atoms with Crippen molar-refractivity contribution in [2.45, 2.75) is 26.2 Å². The number of aromatic nitrogens is 3. The van der Waals surface area contributed by atoms with E-state index >= 15 is 0 Å². The minimum atomic E-state index is -0.0427. The number of piperidine rings is 1. The van der Waals surface area contributed by atoms with Gasteiger partial charge in [0.05, 0.1) is 11.7 Å². The van der Waals surface area contributed by atoms with Crippen molar-refractivity contribution >= 4 is 16.8 Å². The number of hydrogen-bond acceptors (Lipinski definition) is 5. The molecule has 166 valence electrons. The van der Waals surface area contributed by atoms with Crippen LogP contribution < -0.4 is 4.74 Å². The van der Waals surface area contributed by atoms with Crippen molar-refractivity contribution in [2.24, 2.45) is 5.92 Å². The van der Waals surface area contributed by atoms with Gasteiger partial charge in [-0.3, -0.25) is 14.8 Å². The fraction of sp³-hybridized carbons (Fsp3) is 0.259. The number of amides is 1. The Hall–Kier alpha value is -3.80. The lowest BCUT2D eigenvalue weighted by Crippen LogP contribution is -2.40. The maximum Gasteiger partial charge on any atom is 0.259 e. The van der Waals surface area contributed by atoms with Gasteiger partial charge >= 0.3 is 0 Å². The number of hydrogen-bond donors (Lipinski definition) is 0. The van der Waals surface area contributed by atoms with Crippen LogP contribution in [-0.4, -0.2) is 38.8 Å². The topological polar surface area (TPSA) is 68.2 Å². The van der Waals surface area contributed by atoms with Gasteiger partial charge in [-0.2, -0.15) is 0 Å². The molecular formula is C27H26N4O2. The number of fused-ring (bicyclic) bond motifs is 1. The summed E-state index contributed by atoms with van der Waals surface area (Å²) in [5.74, 6) is 1.22. The highest BCUT2D eigenvalue weighted by Gasteiger charge is 2.27. The number of likely N-dealkylation sites (tertiary alicyclic amines) is 1. The van der Waals surface area contributed by atoms with Crippen LogP contribution in [0.15, 0.2) is 73.2 Å². The van der Waals surface area contributed by atoms with Gasteiger partial charge in [0.15, 0.2) is 0 Å². The maximum absolute atomic E-state index is 13.5. The van der Waals surface area contributed by atoms with Crippen LogP contribution in [0.5, 0.6) is 11.6 Å². The highest BCUT2D eigenvalue weighted by Crippen LogP contribution is 2.28. The Morgan fingerprint density at radius 3 is 2.76 bits per heavy atom. The molecule has 5 rings (SSSR count). The molecule has 1 aliphatic heterocycles. The number of pyridine rings is 3. The van der Waals surface area contributed by atoms with Gasteiger partial charge < -0.3 is 9.64 Å². The zero-order valence-corrected chi connectivity index (χ0v) is 18.6. The molecule has 1 atom stereocenters. The molecular weight excluding hydrogens is 412 g/mol. The first-order valence-corrected chi connectivity index (χ1v) is 11.3. The van der Waals surface area contributed by atoms with Crippen molar-refractivity contribution in [3.05, 3.63) is 90.0 Å². The third-order valence-electron chi connectivity index (χ3n) is 6.13. The van der Waals surface area contributed by atoms with Gasteiger partial charge in [-0.05, 0) is 68.0 Å². The second-order valence-electron chi connectivity index (χ2n) is 8.55. The molecule has 1 aliphatic rings. The number of carbonyl (C=O) groups excluding carboxylic acids is 1. The van der Waals surface area contributed by atoms with Crippen molar-refractivity contribution in [1.29, 1.82) is 0 Å². The van der Waals surface area contributed by atoms with Crippen LogP contribution in [-0.2, 0) is 6.42 Å². The van der Waals surface area contributed by atoms with E-state index in [1.54, 1.807) is 24.5 Å². The fourth-order valence-electron chi connectivity index (χ4n) is 4.49. The smallest absolute Gasteiger partial charge is 0.259 e. The third-order valence-corrected chi connectivity index (χ3v) is 6.13. The molecule has 1 amide bonds. The van der Waals surface area contributed by atoms with E-state index in [9.17, 15) is 4.79 Å². The van der Waals surface area contributed by atoms with E-state index in [0.29, 0.717) is 29.7 Å². The normalized spacial score (nSPS) is 16.0. The molecule has 1 unspecified atom stereocenters. The largest absolute Gasteiger partial charge is 0.437 e. The van der Waals surface area contributed by atoms with Crippen LogP contribution in [0.2, 0.25) is 0 Å². The van der Waals surface area contributed by atoms with Crippen LogP contribution in [0.25, 0.3) is 10.9 Å². The third kappa shape index (κ3) is 4.70. The van der Waals surface area contributed by atoms with Crippen LogP contribution >= 0.6 is 0 Å². The molecule has 6 heteroatoms. The summed E-state index contributed by atoms with van der Waals surface area (Å²) in [6.45, 7) is 3.37. The molecule has 4 aromatic rings. The van der Waals surface area contributed by atoms with Crippen molar-refractivity contribution in [3.8, 4) is 11.6 Å². The fourth-order valence-corrected chi connectivity index (χ4v) is 4.49. The van der Waals surface area contributed by atoms with E-state index in [2.05, 4.69) is 39.2 Å². The summed E-state index contributed by atoms with van der Waals surface area (Å²) in [7, 11) is 0. The van der Waals surface area contributed by atoms with Gasteiger partial charge in [0.2, 0.25) is 5.88 Å². The second-order valence-corrected chi connectivity index (χ2v) is 8.55. The van der Waals surface area contributed by atoms with Crippen LogP contribution in [0, 0.1) is 12.8 Å². The minimum Gasteiger partial charge on any atom is -0.437 e. The lowest BCUT2D eigenvalue weighted by Gasteiger charge is -2.33. The average molecular weight is 439 g/mol. The maximum atomic E-state index is 13.5. The van der Waals surface area contributed by atoms with Gasteiger partial charge in [-0.25, -0.2) is 4.98 Å². The predicted octanol–water partition coefficient (Wildman–Crippen LogP) is 5.22. The molecule has 1 fully saturated rings. The molecule has 33 heavy (non-hydrogen) atoms. The summed E-state index contributed by atoms with van der Waals surface area (Å²) in [6.07, 6.45) is 8.11. The van der Waals surface area contributed by atoms with Crippen LogP contribution in [0.3, 0.4) is 0 Å². The van der Waals surface area contributed by atoms with E-state index in [4.69, 9.17) is 4.74 Å². The first kappa shape index (κ1) is 21.1. The Morgan fingerprint density at radius 2 is 1.88 bits per heavy atom. The quantitative estimate of drug-likeness (QED) is 0.427. The molecule has 0 saturated carbocycles. The molecule has 0 radical (unpaired) electrons. The monoisotopic (exact) mass is 438 g/mol. The number of nitrogens with zero attached hydrogens (tertiary/aromatic N) is 4. The van der Waals surface area contributed by atoms with Crippen LogP contribution in [0.4, 0.5) is 0 Å². The molecule has 1 saturated heterocycles. The van der Waals surface area contributed by atoms with Crippen molar-refractivity contribution in [3.63, 3.8) is 0 Å². The van der Waals surface area contributed by atoms with Gasteiger partial charge in [-0.15, -0.1) is 0 Å². The van der Waals surface area contributed by atoms with Crippen LogP contribution in [0.1, 0.15) is 34.5 Å². The summed E-state index contributed by atoms with van der Waals surface area (Å²) < 4.78 is 5.92. The van der Waals surface area contributed by atoms with E-state index in [0.717, 1.165) is 42.4 Å². The SMILES string of the molecule is Cc1ccc(Oc2ncccc2C(=O)N2CCCC(Cc3cccc4cccnc34)C2)cn1. The summed E-state index contributed by atoms with van der Waals surface area (Å²) in [5.41, 5.74) is 3.67. The summed E-state index contributed by atoms with van der Waals surface area (Å²) in [5, 5.41) is 1.15. The first-order chi connectivity index (χ1) is 16.2. The van der Waals surface area contributed by atoms with Gasteiger partial charge in [0.25, 0.3) is 5.91 Å². The summed E-state index contributed by atoms with van der Waals surface area (Å²) in [4.78, 5) is 28.6. The number of ether oxygens (including phenoxy) is 1.